The minimum Gasteiger partial charge on any atom is -0.481 e. The molecule has 0 amide bonds. The topological polar surface area (TPSA) is 80.9 Å². The third-order valence-corrected chi connectivity index (χ3v) is 4.75. The molecule has 19 heavy (non-hydrogen) atoms. The van der Waals surface area contributed by atoms with E-state index < -0.39 is 11.4 Å². The van der Waals surface area contributed by atoms with Crippen LogP contribution in [-0.4, -0.2) is 31.3 Å². The van der Waals surface area contributed by atoms with E-state index in [0.717, 1.165) is 50.8 Å². The van der Waals surface area contributed by atoms with Crippen molar-refractivity contribution in [3.63, 3.8) is 0 Å². The van der Waals surface area contributed by atoms with Gasteiger partial charge in [0.1, 0.15) is 0 Å². The SMILES string of the molecule is O=C(O)C1(Cn2nnnc2C2CCC2)CCCCC1. The first-order valence-corrected chi connectivity index (χ1v) is 7.21. The zero-order valence-electron chi connectivity index (χ0n) is 11.1. The number of nitrogens with zero attached hydrogens (tertiary/aromatic N) is 4. The molecule has 6 nitrogen and oxygen atoms in total. The Labute approximate surface area is 112 Å². The van der Waals surface area contributed by atoms with Crippen molar-refractivity contribution in [3.8, 4) is 0 Å². The third-order valence-electron chi connectivity index (χ3n) is 4.75. The summed E-state index contributed by atoms with van der Waals surface area (Å²) in [6.45, 7) is 0.432. The van der Waals surface area contributed by atoms with Gasteiger partial charge >= 0.3 is 5.97 Å². The molecule has 2 fully saturated rings. The van der Waals surface area contributed by atoms with Gasteiger partial charge in [-0.2, -0.15) is 0 Å². The third kappa shape index (κ3) is 2.24. The van der Waals surface area contributed by atoms with E-state index in [4.69, 9.17) is 0 Å². The van der Waals surface area contributed by atoms with Crippen molar-refractivity contribution in [1.82, 2.24) is 20.2 Å². The van der Waals surface area contributed by atoms with Crippen LogP contribution in [0.4, 0.5) is 0 Å². The van der Waals surface area contributed by atoms with E-state index in [9.17, 15) is 9.90 Å². The Morgan fingerprint density at radius 1 is 1.26 bits per heavy atom. The number of tetrazole rings is 1. The fourth-order valence-electron chi connectivity index (χ4n) is 3.24. The fraction of sp³-hybridized carbons (Fsp3) is 0.846. The van der Waals surface area contributed by atoms with Gasteiger partial charge in [-0.3, -0.25) is 4.79 Å². The van der Waals surface area contributed by atoms with Crippen LogP contribution in [0, 0.1) is 5.41 Å². The molecule has 0 spiro atoms. The average Bonchev–Trinajstić information content (AvgIpc) is 2.76. The molecule has 0 atom stereocenters. The van der Waals surface area contributed by atoms with E-state index >= 15 is 0 Å². The van der Waals surface area contributed by atoms with Gasteiger partial charge in [-0.05, 0) is 36.1 Å². The van der Waals surface area contributed by atoms with Gasteiger partial charge in [0.25, 0.3) is 0 Å². The van der Waals surface area contributed by atoms with Crippen molar-refractivity contribution >= 4 is 5.97 Å². The Morgan fingerprint density at radius 3 is 2.58 bits per heavy atom. The van der Waals surface area contributed by atoms with Gasteiger partial charge < -0.3 is 5.11 Å². The molecular formula is C13H20N4O2. The second kappa shape index (κ2) is 4.90. The normalized spacial score (nSPS) is 22.9. The van der Waals surface area contributed by atoms with Gasteiger partial charge in [-0.15, -0.1) is 5.10 Å². The molecule has 2 aliphatic carbocycles. The molecule has 0 bridgehead atoms. The van der Waals surface area contributed by atoms with E-state index in [-0.39, 0.29) is 0 Å². The molecule has 3 rings (SSSR count). The summed E-state index contributed by atoms with van der Waals surface area (Å²) >= 11 is 0. The number of rotatable bonds is 4. The van der Waals surface area contributed by atoms with Crippen molar-refractivity contribution in [2.24, 2.45) is 5.41 Å². The molecule has 0 aromatic carbocycles. The molecule has 1 aromatic rings. The maximum Gasteiger partial charge on any atom is 0.311 e. The quantitative estimate of drug-likeness (QED) is 0.899. The summed E-state index contributed by atoms with van der Waals surface area (Å²) in [6.07, 6.45) is 8.08. The first-order valence-electron chi connectivity index (χ1n) is 7.21. The molecule has 0 aliphatic heterocycles. The second-order valence-electron chi connectivity index (χ2n) is 5.97. The minimum atomic E-state index is -0.692. The van der Waals surface area contributed by atoms with E-state index in [0.29, 0.717) is 12.5 Å². The van der Waals surface area contributed by atoms with Crippen molar-refractivity contribution in [3.05, 3.63) is 5.82 Å². The molecule has 1 aromatic heterocycles. The number of carbonyl (C=O) groups is 1. The van der Waals surface area contributed by atoms with Crippen LogP contribution in [0.3, 0.4) is 0 Å². The molecule has 6 heteroatoms. The Bertz CT molecular complexity index is 461. The van der Waals surface area contributed by atoms with Gasteiger partial charge in [0.15, 0.2) is 5.82 Å². The van der Waals surface area contributed by atoms with E-state index in [1.54, 1.807) is 4.68 Å². The van der Waals surface area contributed by atoms with Gasteiger partial charge in [0.2, 0.25) is 0 Å². The van der Waals surface area contributed by atoms with Crippen LogP contribution in [0.25, 0.3) is 0 Å². The van der Waals surface area contributed by atoms with Crippen molar-refractivity contribution < 1.29 is 9.90 Å². The lowest BCUT2D eigenvalue weighted by molar-refractivity contribution is -0.152. The first-order chi connectivity index (χ1) is 9.21. The summed E-state index contributed by atoms with van der Waals surface area (Å²) in [5.41, 5.74) is -0.661. The predicted octanol–water partition coefficient (Wildman–Crippen LogP) is 1.98. The number of carboxylic acid groups (broad SMARTS) is 1. The summed E-state index contributed by atoms with van der Waals surface area (Å²) < 4.78 is 1.75. The molecule has 0 radical (unpaired) electrons. The standard InChI is InChI=1S/C13H20N4O2/c18-12(19)13(7-2-1-3-8-13)9-17-11(14-15-16-17)10-5-4-6-10/h10H,1-9H2,(H,18,19). The van der Waals surface area contributed by atoms with Gasteiger partial charge in [0, 0.05) is 5.92 Å². The van der Waals surface area contributed by atoms with Crippen molar-refractivity contribution in [2.75, 3.05) is 0 Å². The van der Waals surface area contributed by atoms with Crippen molar-refractivity contribution in [2.45, 2.75) is 63.8 Å². The smallest absolute Gasteiger partial charge is 0.311 e. The Morgan fingerprint density at radius 2 is 2.00 bits per heavy atom. The maximum atomic E-state index is 11.7. The highest BCUT2D eigenvalue weighted by Gasteiger charge is 2.41. The van der Waals surface area contributed by atoms with Crippen LogP contribution in [0.2, 0.25) is 0 Å². The summed E-state index contributed by atoms with van der Waals surface area (Å²) in [7, 11) is 0. The fourth-order valence-corrected chi connectivity index (χ4v) is 3.24. The lowest BCUT2D eigenvalue weighted by Crippen LogP contribution is -2.38. The minimum absolute atomic E-state index is 0.432. The zero-order valence-corrected chi connectivity index (χ0v) is 11.1. The van der Waals surface area contributed by atoms with Gasteiger partial charge in [-0.25, -0.2) is 4.68 Å². The highest BCUT2D eigenvalue weighted by Crippen LogP contribution is 2.40. The largest absolute Gasteiger partial charge is 0.481 e. The number of aliphatic carboxylic acids is 1. The molecule has 1 N–H and O–H groups in total. The maximum absolute atomic E-state index is 11.7. The molecule has 0 unspecified atom stereocenters. The Balaban J connectivity index is 1.81. The van der Waals surface area contributed by atoms with Crippen LogP contribution in [0.5, 0.6) is 0 Å². The van der Waals surface area contributed by atoms with Crippen LogP contribution >= 0.6 is 0 Å². The van der Waals surface area contributed by atoms with E-state index in [1.807, 2.05) is 0 Å². The average molecular weight is 264 g/mol. The highest BCUT2D eigenvalue weighted by atomic mass is 16.4. The highest BCUT2D eigenvalue weighted by molar-refractivity contribution is 5.74. The summed E-state index contributed by atoms with van der Waals surface area (Å²) in [4.78, 5) is 11.7. The number of carboxylic acids is 1. The summed E-state index contributed by atoms with van der Waals surface area (Å²) in [5, 5.41) is 21.5. The van der Waals surface area contributed by atoms with Crippen LogP contribution < -0.4 is 0 Å². The lowest BCUT2D eigenvalue weighted by atomic mass is 9.74. The summed E-state index contributed by atoms with van der Waals surface area (Å²) in [6, 6.07) is 0. The second-order valence-corrected chi connectivity index (χ2v) is 5.97. The Hall–Kier alpha value is -1.46. The van der Waals surface area contributed by atoms with Crippen LogP contribution in [0.15, 0.2) is 0 Å². The van der Waals surface area contributed by atoms with E-state index in [2.05, 4.69) is 15.5 Å². The number of hydrogen-bond donors (Lipinski definition) is 1. The zero-order chi connectivity index (χ0) is 13.3. The lowest BCUT2D eigenvalue weighted by Gasteiger charge is -2.34. The monoisotopic (exact) mass is 264 g/mol. The molecule has 104 valence electrons. The van der Waals surface area contributed by atoms with E-state index in [1.165, 1.54) is 6.42 Å². The molecule has 2 saturated carbocycles. The molecule has 0 saturated heterocycles. The molecule has 1 heterocycles. The van der Waals surface area contributed by atoms with Gasteiger partial charge in [-0.1, -0.05) is 25.7 Å². The predicted molar refractivity (Wildman–Crippen MR) is 67.6 cm³/mol. The number of hydrogen-bond acceptors (Lipinski definition) is 4. The summed E-state index contributed by atoms with van der Waals surface area (Å²) in [5.74, 6) is 0.629. The van der Waals surface area contributed by atoms with Crippen LogP contribution in [-0.2, 0) is 11.3 Å². The Kier molecular flexibility index (Phi) is 3.24. The molecule has 2 aliphatic rings. The number of aromatic nitrogens is 4. The first kappa shape index (κ1) is 12.6. The van der Waals surface area contributed by atoms with Crippen molar-refractivity contribution in [1.29, 1.82) is 0 Å². The van der Waals surface area contributed by atoms with Gasteiger partial charge in [0.05, 0.1) is 12.0 Å². The van der Waals surface area contributed by atoms with Crippen LogP contribution in [0.1, 0.15) is 63.1 Å². The molecular weight excluding hydrogens is 244 g/mol.